The van der Waals surface area contributed by atoms with E-state index in [2.05, 4.69) is 30.4 Å². The molecule has 4 N–H and O–H groups in total. The van der Waals surface area contributed by atoms with Crippen molar-refractivity contribution in [2.45, 2.75) is 38.5 Å². The first-order chi connectivity index (χ1) is 18.5. The number of nitrogens with zero attached hydrogens (tertiary/aromatic N) is 5. The van der Waals surface area contributed by atoms with Gasteiger partial charge in [-0.2, -0.15) is 15.0 Å². The molecule has 0 unspecified atom stereocenters. The van der Waals surface area contributed by atoms with Crippen LogP contribution in [0.15, 0.2) is 36.4 Å². The first-order valence-electron chi connectivity index (χ1n) is 13.0. The Morgan fingerprint density at radius 3 is 2.05 bits per heavy atom. The predicted molar refractivity (Wildman–Crippen MR) is 146 cm³/mol. The van der Waals surface area contributed by atoms with Crippen molar-refractivity contribution in [3.63, 3.8) is 0 Å². The summed E-state index contributed by atoms with van der Waals surface area (Å²) in [6.45, 7) is 3.67. The number of benzene rings is 2. The smallest absolute Gasteiger partial charge is 0.263 e. The maximum Gasteiger partial charge on any atom is 0.263 e. The molecule has 11 nitrogen and oxygen atoms in total. The summed E-state index contributed by atoms with van der Waals surface area (Å²) >= 11 is 0. The first-order valence-corrected chi connectivity index (χ1v) is 13.0. The zero-order valence-electron chi connectivity index (χ0n) is 21.5. The number of hydrogen-bond acceptors (Lipinski definition) is 10. The third-order valence-corrected chi connectivity index (χ3v) is 6.84. The van der Waals surface area contributed by atoms with E-state index in [4.69, 9.17) is 9.72 Å². The lowest BCUT2D eigenvalue weighted by atomic mass is 10.1. The Labute approximate surface area is 221 Å². The summed E-state index contributed by atoms with van der Waals surface area (Å²) in [5.41, 5.74) is 0.725. The monoisotopic (exact) mass is 519 g/mol. The van der Waals surface area contributed by atoms with Crippen LogP contribution in [0.25, 0.3) is 0 Å². The Morgan fingerprint density at radius 1 is 0.842 bits per heavy atom. The molecule has 2 saturated heterocycles. The van der Waals surface area contributed by atoms with Crippen LogP contribution in [0.5, 0.6) is 17.2 Å². The molecule has 3 aromatic rings. The van der Waals surface area contributed by atoms with Crippen LogP contribution in [0.3, 0.4) is 0 Å². The van der Waals surface area contributed by atoms with E-state index < -0.39 is 5.91 Å². The molecule has 2 aliphatic heterocycles. The second kappa shape index (κ2) is 11.4. The molecule has 3 heterocycles. The largest absolute Gasteiger partial charge is 0.507 e. The van der Waals surface area contributed by atoms with Gasteiger partial charge >= 0.3 is 0 Å². The summed E-state index contributed by atoms with van der Waals surface area (Å²) in [6.07, 6.45) is 6.87. The van der Waals surface area contributed by atoms with Crippen LogP contribution < -0.4 is 25.2 Å². The van der Waals surface area contributed by atoms with E-state index in [1.54, 1.807) is 24.3 Å². The number of aromatic hydroxyl groups is 2. The lowest BCUT2D eigenvalue weighted by molar-refractivity contribution is 0.102. The lowest BCUT2D eigenvalue weighted by Crippen LogP contribution is -2.34. The molecule has 11 heteroatoms. The SMILES string of the molecule is COc1cccc(O)c1C(=O)Nc1ccc(Nc2nc(N3CCCCC3)nc(N3CCCCC3)n2)cc1O. The van der Waals surface area contributed by atoms with Crippen molar-refractivity contribution in [2.75, 3.05) is 53.7 Å². The highest BCUT2D eigenvalue weighted by Crippen LogP contribution is 2.32. The van der Waals surface area contributed by atoms with E-state index in [-0.39, 0.29) is 28.5 Å². The van der Waals surface area contributed by atoms with Crippen LogP contribution in [0.2, 0.25) is 0 Å². The number of anilines is 5. The van der Waals surface area contributed by atoms with Gasteiger partial charge < -0.3 is 35.4 Å². The molecule has 38 heavy (non-hydrogen) atoms. The van der Waals surface area contributed by atoms with Gasteiger partial charge in [0.05, 0.1) is 12.8 Å². The molecule has 1 aromatic heterocycles. The van der Waals surface area contributed by atoms with Gasteiger partial charge in [-0.25, -0.2) is 0 Å². The molecular formula is C27H33N7O4. The molecular weight excluding hydrogens is 486 g/mol. The van der Waals surface area contributed by atoms with Gasteiger partial charge in [0.2, 0.25) is 17.8 Å². The highest BCUT2D eigenvalue weighted by atomic mass is 16.5. The summed E-state index contributed by atoms with van der Waals surface area (Å²) in [5.74, 6) is 0.967. The van der Waals surface area contributed by atoms with E-state index in [0.717, 1.165) is 51.9 Å². The number of nitrogens with one attached hydrogen (secondary N) is 2. The zero-order valence-corrected chi connectivity index (χ0v) is 21.5. The van der Waals surface area contributed by atoms with Crippen LogP contribution in [0, 0.1) is 0 Å². The van der Waals surface area contributed by atoms with Crippen molar-refractivity contribution >= 4 is 35.1 Å². The van der Waals surface area contributed by atoms with Crippen LogP contribution in [-0.4, -0.2) is 64.4 Å². The fourth-order valence-corrected chi connectivity index (χ4v) is 4.83. The van der Waals surface area contributed by atoms with Gasteiger partial charge in [-0.15, -0.1) is 0 Å². The molecule has 2 aromatic carbocycles. The Morgan fingerprint density at radius 2 is 1.47 bits per heavy atom. The average molecular weight is 520 g/mol. The average Bonchev–Trinajstić information content (AvgIpc) is 2.95. The van der Waals surface area contributed by atoms with E-state index in [0.29, 0.717) is 23.5 Å². The summed E-state index contributed by atoms with van der Waals surface area (Å²) in [6, 6.07) is 9.32. The fourth-order valence-electron chi connectivity index (χ4n) is 4.83. The third kappa shape index (κ3) is 5.66. The van der Waals surface area contributed by atoms with Gasteiger partial charge in [-0.3, -0.25) is 4.79 Å². The molecule has 0 atom stereocenters. The molecule has 0 bridgehead atoms. The number of methoxy groups -OCH3 is 1. The fraction of sp³-hybridized carbons (Fsp3) is 0.407. The van der Waals surface area contributed by atoms with Gasteiger partial charge in [0.1, 0.15) is 22.8 Å². The molecule has 0 saturated carbocycles. The molecule has 5 rings (SSSR count). The predicted octanol–water partition coefficient (Wildman–Crippen LogP) is 4.27. The molecule has 2 fully saturated rings. The van der Waals surface area contributed by atoms with Crippen molar-refractivity contribution in [1.29, 1.82) is 0 Å². The van der Waals surface area contributed by atoms with Crippen LogP contribution in [0.1, 0.15) is 48.9 Å². The van der Waals surface area contributed by atoms with E-state index in [1.165, 1.54) is 32.1 Å². The normalized spacial score (nSPS) is 15.7. The maximum atomic E-state index is 12.8. The Hall–Kier alpha value is -4.28. The van der Waals surface area contributed by atoms with Crippen molar-refractivity contribution in [1.82, 2.24) is 15.0 Å². The number of carbonyl (C=O) groups excluding carboxylic acids is 1. The van der Waals surface area contributed by atoms with E-state index in [1.807, 2.05) is 0 Å². The Balaban J connectivity index is 1.37. The summed E-state index contributed by atoms with van der Waals surface area (Å²) in [4.78, 5) is 31.4. The van der Waals surface area contributed by atoms with Crippen molar-refractivity contribution < 1.29 is 19.7 Å². The minimum Gasteiger partial charge on any atom is -0.507 e. The molecule has 200 valence electrons. The van der Waals surface area contributed by atoms with E-state index in [9.17, 15) is 15.0 Å². The number of ether oxygens (including phenoxy) is 1. The number of phenolic OH excluding ortho intramolecular Hbond substituents is 2. The summed E-state index contributed by atoms with van der Waals surface area (Å²) < 4.78 is 5.19. The number of piperidine rings is 2. The van der Waals surface area contributed by atoms with Gasteiger partial charge in [0.25, 0.3) is 5.91 Å². The van der Waals surface area contributed by atoms with E-state index >= 15 is 0 Å². The number of amides is 1. The van der Waals surface area contributed by atoms with Crippen LogP contribution in [-0.2, 0) is 0 Å². The first kappa shape index (κ1) is 25.4. The molecule has 2 aliphatic rings. The van der Waals surface area contributed by atoms with Crippen LogP contribution >= 0.6 is 0 Å². The highest BCUT2D eigenvalue weighted by Gasteiger charge is 2.21. The summed E-state index contributed by atoms with van der Waals surface area (Å²) in [7, 11) is 1.41. The van der Waals surface area contributed by atoms with Crippen LogP contribution in [0.4, 0.5) is 29.2 Å². The van der Waals surface area contributed by atoms with Gasteiger partial charge in [-0.1, -0.05) is 6.07 Å². The Kier molecular flexibility index (Phi) is 7.62. The third-order valence-electron chi connectivity index (χ3n) is 6.84. The van der Waals surface area contributed by atoms with Gasteiger partial charge in [-0.05, 0) is 62.8 Å². The number of hydrogen-bond donors (Lipinski definition) is 4. The molecule has 0 radical (unpaired) electrons. The lowest BCUT2D eigenvalue weighted by Gasteiger charge is -2.30. The van der Waals surface area contributed by atoms with Crippen molar-refractivity contribution in [2.24, 2.45) is 0 Å². The number of rotatable bonds is 7. The zero-order chi connectivity index (χ0) is 26.5. The van der Waals surface area contributed by atoms with Gasteiger partial charge in [0, 0.05) is 37.9 Å². The van der Waals surface area contributed by atoms with Gasteiger partial charge in [0.15, 0.2) is 0 Å². The maximum absolute atomic E-state index is 12.8. The number of aromatic nitrogens is 3. The second-order valence-electron chi connectivity index (χ2n) is 9.52. The quantitative estimate of drug-likeness (QED) is 0.335. The summed E-state index contributed by atoms with van der Waals surface area (Å²) in [5, 5.41) is 26.6. The second-order valence-corrected chi connectivity index (χ2v) is 9.52. The topological polar surface area (TPSA) is 136 Å². The minimum atomic E-state index is -0.606. The minimum absolute atomic E-state index is 0.0164. The van der Waals surface area contributed by atoms with Crippen molar-refractivity contribution in [3.05, 3.63) is 42.0 Å². The standard InChI is InChI=1S/C27H33N7O4/c1-38-22-10-8-9-20(35)23(22)24(37)29-19-12-11-18(17-21(19)36)28-25-30-26(33-13-4-2-5-14-33)32-27(31-25)34-15-6-3-7-16-34/h8-12,17,35-36H,2-7,13-16H2,1H3,(H,29,37)(H,28,30,31,32). The molecule has 1 amide bonds. The number of phenols is 2. The number of carbonyl (C=O) groups is 1. The molecule has 0 spiro atoms. The Bertz CT molecular complexity index is 1250. The molecule has 0 aliphatic carbocycles. The van der Waals surface area contributed by atoms with Crippen molar-refractivity contribution in [3.8, 4) is 17.2 Å². The highest BCUT2D eigenvalue weighted by molar-refractivity contribution is 6.08.